The first-order valence-corrected chi connectivity index (χ1v) is 11.1. The van der Waals surface area contributed by atoms with Gasteiger partial charge in [-0.3, -0.25) is 0 Å². The Kier molecular flexibility index (Phi) is 6.61. The molecule has 0 N–H and O–H groups in total. The summed E-state index contributed by atoms with van der Waals surface area (Å²) in [7, 11) is -1.86. The number of ether oxygens (including phenoxy) is 3. The molecule has 1 heterocycles. The van der Waals surface area contributed by atoms with Gasteiger partial charge in [-0.25, -0.2) is 4.79 Å². The van der Waals surface area contributed by atoms with Crippen LogP contribution in [0.15, 0.2) is 12.2 Å². The second-order valence-electron chi connectivity index (χ2n) is 7.82. The second kappa shape index (κ2) is 7.47. The lowest BCUT2D eigenvalue weighted by Gasteiger charge is -2.37. The maximum absolute atomic E-state index is 11.5. The van der Waals surface area contributed by atoms with Gasteiger partial charge in [-0.2, -0.15) is 0 Å². The van der Waals surface area contributed by atoms with Crippen molar-refractivity contribution in [2.75, 3.05) is 13.2 Å². The van der Waals surface area contributed by atoms with Gasteiger partial charge < -0.3 is 18.6 Å². The summed E-state index contributed by atoms with van der Waals surface area (Å²) >= 11 is 0. The number of hydrogen-bond acceptors (Lipinski definition) is 5. The topological polar surface area (TPSA) is 54.0 Å². The molecule has 23 heavy (non-hydrogen) atoms. The first kappa shape index (κ1) is 20.4. The molecule has 2 atom stereocenters. The van der Waals surface area contributed by atoms with Gasteiger partial charge in [0.05, 0.1) is 13.2 Å². The summed E-state index contributed by atoms with van der Waals surface area (Å²) in [6.07, 6.45) is 2.55. The van der Waals surface area contributed by atoms with Crippen LogP contribution < -0.4 is 0 Å². The van der Waals surface area contributed by atoms with E-state index in [4.69, 9.17) is 18.6 Å². The van der Waals surface area contributed by atoms with Crippen molar-refractivity contribution in [3.8, 4) is 0 Å². The van der Waals surface area contributed by atoms with E-state index in [1.165, 1.54) is 6.08 Å². The van der Waals surface area contributed by atoms with E-state index in [1.807, 2.05) is 13.8 Å². The molecule has 0 amide bonds. The zero-order valence-corrected chi connectivity index (χ0v) is 16.8. The van der Waals surface area contributed by atoms with Crippen LogP contribution in [-0.2, 0) is 23.4 Å². The highest BCUT2D eigenvalue weighted by molar-refractivity contribution is 6.74. The molecule has 1 fully saturated rings. The van der Waals surface area contributed by atoms with Gasteiger partial charge in [-0.15, -0.1) is 0 Å². The normalized spacial score (nSPS) is 25.0. The predicted molar refractivity (Wildman–Crippen MR) is 92.7 cm³/mol. The Morgan fingerprint density at radius 1 is 1.26 bits per heavy atom. The Hall–Kier alpha value is -0.693. The van der Waals surface area contributed by atoms with E-state index < -0.39 is 14.1 Å². The van der Waals surface area contributed by atoms with E-state index >= 15 is 0 Å². The molecule has 6 heteroatoms. The Balaban J connectivity index is 2.72. The number of hydrogen-bond donors (Lipinski definition) is 0. The van der Waals surface area contributed by atoms with Crippen LogP contribution in [0.2, 0.25) is 18.1 Å². The van der Waals surface area contributed by atoms with E-state index in [2.05, 4.69) is 33.9 Å². The Morgan fingerprint density at radius 3 is 2.39 bits per heavy atom. The molecule has 0 aliphatic carbocycles. The lowest BCUT2D eigenvalue weighted by Crippen LogP contribution is -2.43. The Morgan fingerprint density at radius 2 is 1.87 bits per heavy atom. The second-order valence-corrected chi connectivity index (χ2v) is 12.6. The smallest absolute Gasteiger partial charge is 0.330 e. The van der Waals surface area contributed by atoms with Crippen molar-refractivity contribution in [3.63, 3.8) is 0 Å². The maximum Gasteiger partial charge on any atom is 0.330 e. The molecule has 1 aliphatic heterocycles. The first-order valence-electron chi connectivity index (χ1n) is 8.22. The molecule has 0 radical (unpaired) electrons. The van der Waals surface area contributed by atoms with Gasteiger partial charge in [0.25, 0.3) is 0 Å². The highest BCUT2D eigenvalue weighted by atomic mass is 28.4. The summed E-state index contributed by atoms with van der Waals surface area (Å²) in [5, 5.41) is 0.137. The van der Waals surface area contributed by atoms with Gasteiger partial charge in [0.15, 0.2) is 14.1 Å². The van der Waals surface area contributed by atoms with Crippen molar-refractivity contribution in [1.29, 1.82) is 0 Å². The van der Waals surface area contributed by atoms with Crippen LogP contribution in [-0.4, -0.2) is 45.5 Å². The van der Waals surface area contributed by atoms with E-state index in [9.17, 15) is 4.79 Å². The van der Waals surface area contributed by atoms with Crippen molar-refractivity contribution in [3.05, 3.63) is 12.2 Å². The zero-order chi connectivity index (χ0) is 17.9. The fourth-order valence-electron chi connectivity index (χ4n) is 2.03. The molecule has 1 saturated heterocycles. The van der Waals surface area contributed by atoms with Crippen LogP contribution in [0.5, 0.6) is 0 Å². The summed E-state index contributed by atoms with van der Waals surface area (Å²) < 4.78 is 22.9. The molecule has 0 spiro atoms. The first-order chi connectivity index (χ1) is 10.4. The molecular formula is C17H32O5Si. The average molecular weight is 345 g/mol. The zero-order valence-electron chi connectivity index (χ0n) is 15.8. The molecule has 0 saturated carbocycles. The van der Waals surface area contributed by atoms with Crippen LogP contribution >= 0.6 is 0 Å². The van der Waals surface area contributed by atoms with Crippen LogP contribution in [0.3, 0.4) is 0 Å². The molecule has 134 valence electrons. The number of esters is 1. The predicted octanol–water partition coefficient (Wildman–Crippen LogP) is 3.65. The van der Waals surface area contributed by atoms with Crippen molar-refractivity contribution < 1.29 is 23.4 Å². The fourth-order valence-corrected chi connectivity index (χ4v) is 3.04. The highest BCUT2D eigenvalue weighted by Gasteiger charge is 2.43. The van der Waals surface area contributed by atoms with E-state index in [-0.39, 0.29) is 23.2 Å². The van der Waals surface area contributed by atoms with Gasteiger partial charge >= 0.3 is 5.97 Å². The van der Waals surface area contributed by atoms with Gasteiger partial charge in [-0.05, 0) is 45.0 Å². The van der Waals surface area contributed by atoms with Gasteiger partial charge in [0.2, 0.25) is 0 Å². The van der Waals surface area contributed by atoms with Gasteiger partial charge in [0.1, 0.15) is 12.2 Å². The Bertz CT molecular complexity index is 437. The Labute approximate surface area is 141 Å². The van der Waals surface area contributed by atoms with E-state index in [0.717, 1.165) is 0 Å². The molecular weight excluding hydrogens is 312 g/mol. The van der Waals surface area contributed by atoms with E-state index in [0.29, 0.717) is 13.2 Å². The summed E-state index contributed by atoms with van der Waals surface area (Å²) in [6.45, 7) is 17.3. The fraction of sp³-hybridized carbons (Fsp3) is 0.824. The minimum absolute atomic E-state index is 0.137. The minimum atomic E-state index is -1.86. The van der Waals surface area contributed by atoms with E-state index in [1.54, 1.807) is 13.0 Å². The largest absolute Gasteiger partial charge is 0.463 e. The summed E-state index contributed by atoms with van der Waals surface area (Å²) in [5.41, 5.74) is 0. The van der Waals surface area contributed by atoms with Gasteiger partial charge in [0, 0.05) is 6.08 Å². The van der Waals surface area contributed by atoms with Crippen molar-refractivity contribution in [2.24, 2.45) is 0 Å². The molecule has 0 aromatic heterocycles. The van der Waals surface area contributed by atoms with Crippen LogP contribution in [0.4, 0.5) is 0 Å². The molecule has 5 nitrogen and oxygen atoms in total. The molecule has 0 aromatic rings. The lowest BCUT2D eigenvalue weighted by atomic mass is 10.2. The molecule has 0 aromatic carbocycles. The van der Waals surface area contributed by atoms with Gasteiger partial charge in [-0.1, -0.05) is 20.8 Å². The van der Waals surface area contributed by atoms with Crippen molar-refractivity contribution in [2.45, 2.75) is 77.7 Å². The van der Waals surface area contributed by atoms with Crippen molar-refractivity contribution >= 4 is 14.3 Å². The molecule has 0 bridgehead atoms. The standard InChI is InChI=1S/C17H32O5Si/c1-9-19-15(18)11-10-13-14(22-17(5,6)21-13)12-20-23(7,8)16(2,3)4/h10-11,13-14H,9,12H2,1-8H3/b11-10-/t13-,14-/m0/s1. The third kappa shape index (κ3) is 6.03. The molecule has 1 aliphatic rings. The molecule has 0 unspecified atom stereocenters. The third-order valence-electron chi connectivity index (χ3n) is 4.34. The lowest BCUT2D eigenvalue weighted by molar-refractivity contribution is -0.146. The summed E-state index contributed by atoms with van der Waals surface area (Å²) in [4.78, 5) is 11.5. The summed E-state index contributed by atoms with van der Waals surface area (Å²) in [5.74, 6) is -1.06. The monoisotopic (exact) mass is 344 g/mol. The highest BCUT2D eigenvalue weighted by Crippen LogP contribution is 2.37. The summed E-state index contributed by atoms with van der Waals surface area (Å²) in [6, 6.07) is 0. The SMILES string of the molecule is CCOC(=O)/C=C\[C@@H]1OC(C)(C)O[C@H]1CO[Si](C)(C)C(C)(C)C. The van der Waals surface area contributed by atoms with Crippen molar-refractivity contribution in [1.82, 2.24) is 0 Å². The van der Waals surface area contributed by atoms with Crippen LogP contribution in [0.25, 0.3) is 0 Å². The number of carbonyl (C=O) groups is 1. The molecule has 1 rings (SSSR count). The van der Waals surface area contributed by atoms with Crippen LogP contribution in [0.1, 0.15) is 41.5 Å². The quantitative estimate of drug-likeness (QED) is 0.418. The van der Waals surface area contributed by atoms with Crippen LogP contribution in [0, 0.1) is 0 Å². The average Bonchev–Trinajstić information content (AvgIpc) is 2.68. The maximum atomic E-state index is 11.5. The minimum Gasteiger partial charge on any atom is -0.463 e. The third-order valence-corrected chi connectivity index (χ3v) is 8.85. The number of rotatable bonds is 6. The number of carbonyl (C=O) groups excluding carboxylic acids is 1.